The highest BCUT2D eigenvalue weighted by molar-refractivity contribution is 6.38. The van der Waals surface area contributed by atoms with Gasteiger partial charge >= 0.3 is 0 Å². The van der Waals surface area contributed by atoms with Crippen LogP contribution in [0, 0.1) is 0 Å². The van der Waals surface area contributed by atoms with E-state index in [0.29, 0.717) is 5.02 Å². The molecule has 0 aliphatic carbocycles. The van der Waals surface area contributed by atoms with Gasteiger partial charge in [0.05, 0.1) is 5.02 Å². The molecule has 2 aromatic heterocycles. The van der Waals surface area contributed by atoms with Crippen molar-refractivity contribution in [2.24, 2.45) is 0 Å². The molecule has 0 N–H and O–H groups in total. The Hall–Kier alpha value is -2.06. The molecule has 0 fully saturated rings. The van der Waals surface area contributed by atoms with Crippen molar-refractivity contribution < 1.29 is 4.42 Å². The number of rotatable bonds is 0. The van der Waals surface area contributed by atoms with Gasteiger partial charge in [-0.15, -0.1) is 0 Å². The molecule has 86 valence electrons. The van der Waals surface area contributed by atoms with Crippen LogP contribution in [0.15, 0.2) is 53.2 Å². The Morgan fingerprint density at radius 2 is 1.94 bits per heavy atom. The highest BCUT2D eigenvalue weighted by Crippen LogP contribution is 2.38. The van der Waals surface area contributed by atoms with Crippen molar-refractivity contribution in [3.8, 4) is 0 Å². The molecule has 3 heteroatoms. The lowest BCUT2D eigenvalue weighted by Gasteiger charge is -2.00. The van der Waals surface area contributed by atoms with Gasteiger partial charge in [-0.3, -0.25) is 4.98 Å². The van der Waals surface area contributed by atoms with E-state index in [9.17, 15) is 0 Å². The van der Waals surface area contributed by atoms with Crippen LogP contribution in [0.2, 0.25) is 5.02 Å². The van der Waals surface area contributed by atoms with E-state index in [4.69, 9.17) is 16.0 Å². The second-order valence-corrected chi connectivity index (χ2v) is 4.66. The van der Waals surface area contributed by atoms with Crippen LogP contribution in [0.1, 0.15) is 0 Å². The molecule has 4 aromatic rings. The predicted octanol–water partition coefficient (Wildman–Crippen LogP) is 4.79. The number of halogens is 1. The van der Waals surface area contributed by atoms with Gasteiger partial charge in [0, 0.05) is 23.2 Å². The summed E-state index contributed by atoms with van der Waals surface area (Å²) < 4.78 is 5.82. The molecule has 2 aromatic carbocycles. The standard InChI is InChI=1S/C15H8ClNO/c16-12-7-9-3-1-2-4-10(9)14-11-8-17-6-5-13(11)18-15(12)14/h1-8H. The van der Waals surface area contributed by atoms with Gasteiger partial charge in [0.2, 0.25) is 0 Å². The molecule has 2 heterocycles. The first-order chi connectivity index (χ1) is 8.84. The number of hydrogen-bond donors (Lipinski definition) is 0. The van der Waals surface area contributed by atoms with Crippen molar-refractivity contribution in [3.05, 3.63) is 53.8 Å². The van der Waals surface area contributed by atoms with E-state index in [1.165, 1.54) is 0 Å². The summed E-state index contributed by atoms with van der Waals surface area (Å²) >= 11 is 6.29. The van der Waals surface area contributed by atoms with Crippen molar-refractivity contribution in [2.75, 3.05) is 0 Å². The highest BCUT2D eigenvalue weighted by atomic mass is 35.5. The molecule has 4 rings (SSSR count). The van der Waals surface area contributed by atoms with Gasteiger partial charge in [-0.05, 0) is 22.9 Å². The number of fused-ring (bicyclic) bond motifs is 5. The molecule has 0 radical (unpaired) electrons. The number of furan rings is 1. The molecule has 0 saturated carbocycles. The quantitative estimate of drug-likeness (QED) is 0.450. The van der Waals surface area contributed by atoms with E-state index < -0.39 is 0 Å². The van der Waals surface area contributed by atoms with Crippen LogP contribution in [0.3, 0.4) is 0 Å². The number of pyridine rings is 1. The smallest absolute Gasteiger partial charge is 0.154 e. The molecule has 0 unspecified atom stereocenters. The van der Waals surface area contributed by atoms with E-state index in [2.05, 4.69) is 17.1 Å². The van der Waals surface area contributed by atoms with Gasteiger partial charge in [0.1, 0.15) is 5.58 Å². The molecular formula is C15H8ClNO. The van der Waals surface area contributed by atoms with Crippen LogP contribution < -0.4 is 0 Å². The molecule has 0 aliphatic rings. The Balaban J connectivity index is 2.41. The van der Waals surface area contributed by atoms with E-state index in [1.807, 2.05) is 30.5 Å². The molecule has 0 amide bonds. The van der Waals surface area contributed by atoms with Gasteiger partial charge in [0.25, 0.3) is 0 Å². The summed E-state index contributed by atoms with van der Waals surface area (Å²) in [7, 11) is 0. The van der Waals surface area contributed by atoms with Crippen LogP contribution in [0.5, 0.6) is 0 Å². The van der Waals surface area contributed by atoms with Crippen LogP contribution in [-0.4, -0.2) is 4.98 Å². The lowest BCUT2D eigenvalue weighted by atomic mass is 10.0. The number of aromatic nitrogens is 1. The summed E-state index contributed by atoms with van der Waals surface area (Å²) in [5.74, 6) is 0. The second-order valence-electron chi connectivity index (χ2n) is 4.26. The van der Waals surface area contributed by atoms with Gasteiger partial charge in [-0.2, -0.15) is 0 Å². The monoisotopic (exact) mass is 253 g/mol. The van der Waals surface area contributed by atoms with E-state index in [-0.39, 0.29) is 0 Å². The van der Waals surface area contributed by atoms with Crippen molar-refractivity contribution in [2.45, 2.75) is 0 Å². The fourth-order valence-corrected chi connectivity index (χ4v) is 2.68. The maximum atomic E-state index is 6.29. The molecule has 0 atom stereocenters. The minimum Gasteiger partial charge on any atom is -0.454 e. The van der Waals surface area contributed by atoms with Crippen LogP contribution in [0.4, 0.5) is 0 Å². The Kier molecular flexibility index (Phi) is 1.91. The molecule has 0 bridgehead atoms. The normalized spacial score (nSPS) is 11.6. The third kappa shape index (κ3) is 1.21. The van der Waals surface area contributed by atoms with Gasteiger partial charge in [0.15, 0.2) is 5.58 Å². The first-order valence-corrected chi connectivity index (χ1v) is 6.06. The van der Waals surface area contributed by atoms with Crippen LogP contribution in [0.25, 0.3) is 32.7 Å². The first-order valence-electron chi connectivity index (χ1n) is 5.68. The third-order valence-electron chi connectivity index (χ3n) is 3.22. The zero-order valence-electron chi connectivity index (χ0n) is 9.35. The van der Waals surface area contributed by atoms with E-state index >= 15 is 0 Å². The Morgan fingerprint density at radius 1 is 1.06 bits per heavy atom. The maximum Gasteiger partial charge on any atom is 0.154 e. The molecule has 0 aliphatic heterocycles. The molecule has 18 heavy (non-hydrogen) atoms. The second kappa shape index (κ2) is 3.47. The SMILES string of the molecule is Clc1cc2ccccc2c2c1oc1ccncc12. The summed E-state index contributed by atoms with van der Waals surface area (Å²) in [6, 6.07) is 12.0. The summed E-state index contributed by atoms with van der Waals surface area (Å²) in [6.45, 7) is 0. The van der Waals surface area contributed by atoms with Crippen molar-refractivity contribution in [3.63, 3.8) is 0 Å². The minimum atomic E-state index is 0.639. The Morgan fingerprint density at radius 3 is 2.89 bits per heavy atom. The van der Waals surface area contributed by atoms with Crippen molar-refractivity contribution >= 4 is 44.3 Å². The maximum absolute atomic E-state index is 6.29. The largest absolute Gasteiger partial charge is 0.454 e. The molecule has 2 nitrogen and oxygen atoms in total. The fourth-order valence-electron chi connectivity index (χ4n) is 2.43. The zero-order valence-corrected chi connectivity index (χ0v) is 10.1. The topological polar surface area (TPSA) is 26.0 Å². The van der Waals surface area contributed by atoms with E-state index in [1.54, 1.807) is 6.20 Å². The molecular weight excluding hydrogens is 246 g/mol. The highest BCUT2D eigenvalue weighted by Gasteiger charge is 2.13. The van der Waals surface area contributed by atoms with Gasteiger partial charge in [-0.25, -0.2) is 0 Å². The molecule has 0 spiro atoms. The average Bonchev–Trinajstić information content (AvgIpc) is 2.79. The average molecular weight is 254 g/mol. The van der Waals surface area contributed by atoms with Crippen LogP contribution >= 0.6 is 11.6 Å². The number of nitrogens with zero attached hydrogens (tertiary/aromatic N) is 1. The summed E-state index contributed by atoms with van der Waals surface area (Å²) in [6.07, 6.45) is 3.55. The van der Waals surface area contributed by atoms with E-state index in [0.717, 1.165) is 32.7 Å². The first kappa shape index (κ1) is 9.92. The number of hydrogen-bond acceptors (Lipinski definition) is 2. The number of benzene rings is 2. The van der Waals surface area contributed by atoms with Gasteiger partial charge in [-0.1, -0.05) is 35.9 Å². The zero-order chi connectivity index (χ0) is 12.1. The predicted molar refractivity (Wildman–Crippen MR) is 74.0 cm³/mol. The van der Waals surface area contributed by atoms with Crippen molar-refractivity contribution in [1.82, 2.24) is 4.98 Å². The van der Waals surface area contributed by atoms with Crippen molar-refractivity contribution in [1.29, 1.82) is 0 Å². The van der Waals surface area contributed by atoms with Crippen LogP contribution in [-0.2, 0) is 0 Å². The molecule has 0 saturated heterocycles. The Labute approximate surface area is 108 Å². The van der Waals surface area contributed by atoms with Gasteiger partial charge < -0.3 is 4.42 Å². The summed E-state index contributed by atoms with van der Waals surface area (Å²) in [5.41, 5.74) is 1.55. The fraction of sp³-hybridized carbons (Fsp3) is 0. The lowest BCUT2D eigenvalue weighted by molar-refractivity contribution is 0.669. The summed E-state index contributed by atoms with van der Waals surface area (Å²) in [4.78, 5) is 4.17. The summed E-state index contributed by atoms with van der Waals surface area (Å²) in [5, 5.41) is 4.94. The Bertz CT molecular complexity index is 895. The minimum absolute atomic E-state index is 0.639. The third-order valence-corrected chi connectivity index (χ3v) is 3.50. The lowest BCUT2D eigenvalue weighted by Crippen LogP contribution is -1.76.